The lowest BCUT2D eigenvalue weighted by Gasteiger charge is -2.17. The molecule has 3 rings (SSSR count). The van der Waals surface area contributed by atoms with Crippen LogP contribution >= 0.6 is 11.8 Å². The summed E-state index contributed by atoms with van der Waals surface area (Å²) in [6, 6.07) is 5.20. The van der Waals surface area contributed by atoms with Gasteiger partial charge < -0.3 is 9.84 Å². The molecule has 6 nitrogen and oxygen atoms in total. The molecule has 1 aliphatic heterocycles. The highest BCUT2D eigenvalue weighted by molar-refractivity contribution is 7.99. The van der Waals surface area contributed by atoms with E-state index < -0.39 is 0 Å². The molecule has 0 atom stereocenters. The Labute approximate surface area is 126 Å². The Bertz CT molecular complexity index is 596. The third-order valence-electron chi connectivity index (χ3n) is 3.37. The number of rotatable bonds is 4. The smallest absolute Gasteiger partial charge is 0.270 e. The number of carbonyl (C=O) groups excluding carboxylic acids is 1. The van der Waals surface area contributed by atoms with Crippen LogP contribution in [0.25, 0.3) is 0 Å². The largest absolute Gasteiger partial charge is 0.342 e. The summed E-state index contributed by atoms with van der Waals surface area (Å²) in [6.07, 6.45) is 3.76. The third kappa shape index (κ3) is 3.60. The van der Waals surface area contributed by atoms with E-state index in [1.54, 1.807) is 24.4 Å². The van der Waals surface area contributed by atoms with E-state index in [-0.39, 0.29) is 12.5 Å². The van der Waals surface area contributed by atoms with Crippen molar-refractivity contribution in [1.82, 2.24) is 20.4 Å². The van der Waals surface area contributed by atoms with Crippen molar-refractivity contribution in [2.24, 2.45) is 0 Å². The van der Waals surface area contributed by atoms with Crippen molar-refractivity contribution in [3.05, 3.63) is 41.8 Å². The van der Waals surface area contributed by atoms with Crippen molar-refractivity contribution < 1.29 is 9.32 Å². The summed E-state index contributed by atoms with van der Waals surface area (Å²) in [5.74, 6) is 3.63. The predicted octanol–water partition coefficient (Wildman–Crippen LogP) is 2.01. The van der Waals surface area contributed by atoms with Crippen LogP contribution in [0.2, 0.25) is 0 Å². The number of aromatic nitrogens is 3. The van der Waals surface area contributed by atoms with E-state index in [9.17, 15) is 4.79 Å². The van der Waals surface area contributed by atoms with Gasteiger partial charge in [0.2, 0.25) is 5.89 Å². The van der Waals surface area contributed by atoms with Gasteiger partial charge in [-0.15, -0.1) is 0 Å². The zero-order valence-corrected chi connectivity index (χ0v) is 12.3. The summed E-state index contributed by atoms with van der Waals surface area (Å²) >= 11 is 1.96. The first kappa shape index (κ1) is 14.1. The summed E-state index contributed by atoms with van der Waals surface area (Å²) in [5.41, 5.74) is 0.376. The normalized spacial score (nSPS) is 15.8. The Hall–Kier alpha value is -1.89. The molecule has 110 valence electrons. The zero-order chi connectivity index (χ0) is 14.5. The second kappa shape index (κ2) is 6.71. The molecule has 0 spiro atoms. The molecule has 7 heteroatoms. The zero-order valence-electron chi connectivity index (χ0n) is 11.5. The SMILES string of the molecule is O=C(NCc1nc(C2CCSCC2)no1)c1ccccn1. The van der Waals surface area contributed by atoms with Gasteiger partial charge in [0, 0.05) is 12.1 Å². The van der Waals surface area contributed by atoms with Gasteiger partial charge >= 0.3 is 0 Å². The molecule has 3 heterocycles. The van der Waals surface area contributed by atoms with Crippen molar-refractivity contribution >= 4 is 17.7 Å². The highest BCUT2D eigenvalue weighted by atomic mass is 32.2. The van der Waals surface area contributed by atoms with Crippen LogP contribution in [0.3, 0.4) is 0 Å². The lowest BCUT2D eigenvalue weighted by Crippen LogP contribution is -2.23. The quantitative estimate of drug-likeness (QED) is 0.930. The number of hydrogen-bond donors (Lipinski definition) is 1. The van der Waals surface area contributed by atoms with Gasteiger partial charge in [-0.05, 0) is 36.5 Å². The molecule has 1 N–H and O–H groups in total. The van der Waals surface area contributed by atoms with E-state index in [1.807, 2.05) is 11.8 Å². The minimum absolute atomic E-state index is 0.226. The van der Waals surface area contributed by atoms with E-state index in [2.05, 4.69) is 20.4 Å². The molecule has 0 bridgehead atoms. The van der Waals surface area contributed by atoms with Crippen molar-refractivity contribution in [1.29, 1.82) is 0 Å². The van der Waals surface area contributed by atoms with Crippen LogP contribution in [0.15, 0.2) is 28.9 Å². The number of nitrogens with one attached hydrogen (secondary N) is 1. The highest BCUT2D eigenvalue weighted by Gasteiger charge is 2.21. The molecule has 1 amide bonds. The lowest BCUT2D eigenvalue weighted by molar-refractivity contribution is 0.0941. The molecule has 0 saturated carbocycles. The summed E-state index contributed by atoms with van der Waals surface area (Å²) in [7, 11) is 0. The molecule has 0 aliphatic carbocycles. The first-order valence-electron chi connectivity index (χ1n) is 6.92. The first-order chi connectivity index (χ1) is 10.3. The lowest BCUT2D eigenvalue weighted by atomic mass is 10.0. The van der Waals surface area contributed by atoms with Crippen LogP contribution < -0.4 is 5.32 Å². The fourth-order valence-electron chi connectivity index (χ4n) is 2.20. The predicted molar refractivity (Wildman–Crippen MR) is 79.0 cm³/mol. The van der Waals surface area contributed by atoms with Gasteiger partial charge in [0.1, 0.15) is 5.69 Å². The standard InChI is InChI=1S/C14H16N4O2S/c19-14(11-3-1-2-6-15-11)16-9-12-17-13(18-20-12)10-4-7-21-8-5-10/h1-3,6,10H,4-5,7-9H2,(H,16,19). The van der Waals surface area contributed by atoms with E-state index in [0.29, 0.717) is 17.5 Å². The maximum Gasteiger partial charge on any atom is 0.270 e. The molecule has 1 fully saturated rings. The van der Waals surface area contributed by atoms with Gasteiger partial charge in [-0.3, -0.25) is 9.78 Å². The van der Waals surface area contributed by atoms with Crippen LogP contribution in [0.4, 0.5) is 0 Å². The van der Waals surface area contributed by atoms with Crippen LogP contribution in [0, 0.1) is 0 Å². The summed E-state index contributed by atoms with van der Waals surface area (Å²) in [4.78, 5) is 20.2. The van der Waals surface area contributed by atoms with Crippen molar-refractivity contribution in [2.45, 2.75) is 25.3 Å². The van der Waals surface area contributed by atoms with Crippen LogP contribution in [-0.2, 0) is 6.54 Å². The van der Waals surface area contributed by atoms with E-state index in [1.165, 1.54) is 0 Å². The fraction of sp³-hybridized carbons (Fsp3) is 0.429. The molecule has 2 aromatic heterocycles. The summed E-state index contributed by atoms with van der Waals surface area (Å²) in [6.45, 7) is 0.226. The average molecular weight is 304 g/mol. The Morgan fingerprint density at radius 3 is 3.00 bits per heavy atom. The molecule has 0 aromatic carbocycles. The Morgan fingerprint density at radius 1 is 1.38 bits per heavy atom. The molecular weight excluding hydrogens is 288 g/mol. The van der Waals surface area contributed by atoms with E-state index in [0.717, 1.165) is 30.2 Å². The Kier molecular flexibility index (Phi) is 4.49. The summed E-state index contributed by atoms with van der Waals surface area (Å²) < 4.78 is 5.20. The molecule has 0 radical (unpaired) electrons. The van der Waals surface area contributed by atoms with Crippen LogP contribution in [0.5, 0.6) is 0 Å². The van der Waals surface area contributed by atoms with Gasteiger partial charge in [-0.2, -0.15) is 16.7 Å². The third-order valence-corrected chi connectivity index (χ3v) is 4.42. The van der Waals surface area contributed by atoms with Crippen molar-refractivity contribution in [3.8, 4) is 0 Å². The molecule has 1 aliphatic rings. The number of hydrogen-bond acceptors (Lipinski definition) is 6. The number of thioether (sulfide) groups is 1. The minimum Gasteiger partial charge on any atom is -0.342 e. The minimum atomic E-state index is -0.246. The van der Waals surface area contributed by atoms with Gasteiger partial charge in [0.05, 0.1) is 6.54 Å². The van der Waals surface area contributed by atoms with E-state index in [4.69, 9.17) is 4.52 Å². The highest BCUT2D eigenvalue weighted by Crippen LogP contribution is 2.29. The molecule has 21 heavy (non-hydrogen) atoms. The van der Waals surface area contributed by atoms with Crippen molar-refractivity contribution in [2.75, 3.05) is 11.5 Å². The van der Waals surface area contributed by atoms with Crippen LogP contribution in [-0.4, -0.2) is 32.5 Å². The molecular formula is C14H16N4O2S. The van der Waals surface area contributed by atoms with Gasteiger partial charge in [-0.1, -0.05) is 11.2 Å². The number of amides is 1. The second-order valence-corrected chi connectivity index (χ2v) is 6.06. The number of nitrogens with zero attached hydrogens (tertiary/aromatic N) is 3. The van der Waals surface area contributed by atoms with Gasteiger partial charge in [-0.25, -0.2) is 0 Å². The first-order valence-corrected chi connectivity index (χ1v) is 8.08. The van der Waals surface area contributed by atoms with Gasteiger partial charge in [0.15, 0.2) is 5.82 Å². The molecule has 2 aromatic rings. The van der Waals surface area contributed by atoms with Crippen molar-refractivity contribution in [3.63, 3.8) is 0 Å². The topological polar surface area (TPSA) is 80.9 Å². The summed E-state index contributed by atoms with van der Waals surface area (Å²) in [5, 5.41) is 6.76. The number of carbonyl (C=O) groups is 1. The maximum atomic E-state index is 11.9. The molecule has 0 unspecified atom stereocenters. The molecule has 1 saturated heterocycles. The second-order valence-electron chi connectivity index (χ2n) is 4.83. The fourth-order valence-corrected chi connectivity index (χ4v) is 3.31. The van der Waals surface area contributed by atoms with E-state index >= 15 is 0 Å². The van der Waals surface area contributed by atoms with Crippen LogP contribution in [0.1, 0.15) is 41.0 Å². The average Bonchev–Trinajstić information content (AvgIpc) is 3.03. The Balaban J connectivity index is 1.56. The number of pyridine rings is 1. The van der Waals surface area contributed by atoms with Gasteiger partial charge in [0.25, 0.3) is 5.91 Å². The Morgan fingerprint density at radius 2 is 2.24 bits per heavy atom. The monoisotopic (exact) mass is 304 g/mol. The maximum absolute atomic E-state index is 11.9.